The molecule has 22 heavy (non-hydrogen) atoms. The first kappa shape index (κ1) is 14.7. The normalized spacial score (nSPS) is 21.3. The molecule has 6 heteroatoms. The van der Waals surface area contributed by atoms with Crippen LogP contribution in [0.3, 0.4) is 0 Å². The van der Waals surface area contributed by atoms with Crippen LogP contribution in [-0.4, -0.2) is 47.2 Å². The van der Waals surface area contributed by atoms with E-state index in [1.807, 2.05) is 0 Å². The van der Waals surface area contributed by atoms with Crippen LogP contribution in [-0.2, 0) is 4.79 Å². The lowest BCUT2D eigenvalue weighted by atomic mass is 10.0. The van der Waals surface area contributed by atoms with Crippen LogP contribution in [0.4, 0.5) is 4.39 Å². The first-order valence-electron chi connectivity index (χ1n) is 7.41. The summed E-state index contributed by atoms with van der Waals surface area (Å²) in [6.45, 7) is 3.02. The van der Waals surface area contributed by atoms with Gasteiger partial charge in [0.05, 0.1) is 11.1 Å². The molecule has 2 aliphatic rings. The van der Waals surface area contributed by atoms with Crippen molar-refractivity contribution < 1.29 is 18.8 Å². The highest BCUT2D eigenvalue weighted by Crippen LogP contribution is 2.25. The minimum absolute atomic E-state index is 0.0322. The highest BCUT2D eigenvalue weighted by atomic mass is 19.1. The fourth-order valence-electron chi connectivity index (χ4n) is 3.09. The third kappa shape index (κ3) is 2.38. The average molecular weight is 304 g/mol. The summed E-state index contributed by atoms with van der Waals surface area (Å²) in [4.78, 5) is 39.2. The third-order valence-corrected chi connectivity index (χ3v) is 4.25. The molecule has 2 heterocycles. The molecule has 0 spiro atoms. The Labute approximate surface area is 127 Å². The fourth-order valence-corrected chi connectivity index (χ4v) is 3.09. The molecule has 3 rings (SSSR count). The second kappa shape index (κ2) is 5.51. The van der Waals surface area contributed by atoms with Crippen LogP contribution in [0.15, 0.2) is 18.2 Å². The molecule has 1 aromatic carbocycles. The Hall–Kier alpha value is -2.24. The molecule has 0 aliphatic carbocycles. The van der Waals surface area contributed by atoms with Crippen molar-refractivity contribution in [3.8, 4) is 0 Å². The third-order valence-electron chi connectivity index (χ3n) is 4.25. The molecule has 0 bridgehead atoms. The molecule has 1 atom stereocenters. The largest absolute Gasteiger partial charge is 0.341 e. The average Bonchev–Trinajstić information content (AvgIpc) is 2.73. The second-order valence-electron chi connectivity index (χ2n) is 5.95. The molecule has 1 saturated heterocycles. The number of imide groups is 1. The van der Waals surface area contributed by atoms with Gasteiger partial charge in [0.1, 0.15) is 12.4 Å². The van der Waals surface area contributed by atoms with Crippen LogP contribution in [0.2, 0.25) is 0 Å². The van der Waals surface area contributed by atoms with Gasteiger partial charge in [-0.15, -0.1) is 0 Å². The van der Waals surface area contributed by atoms with Crippen LogP contribution in [0.25, 0.3) is 0 Å². The second-order valence-corrected chi connectivity index (χ2v) is 5.95. The Bertz CT molecular complexity index is 659. The lowest BCUT2D eigenvalue weighted by Crippen LogP contribution is -2.46. The van der Waals surface area contributed by atoms with Gasteiger partial charge in [0, 0.05) is 13.1 Å². The summed E-state index contributed by atoms with van der Waals surface area (Å²) in [6.07, 6.45) is 1.99. The lowest BCUT2D eigenvalue weighted by Gasteiger charge is -2.31. The number of amides is 3. The number of hydrogen-bond acceptors (Lipinski definition) is 3. The highest BCUT2D eigenvalue weighted by Gasteiger charge is 2.39. The predicted molar refractivity (Wildman–Crippen MR) is 76.7 cm³/mol. The Balaban J connectivity index is 1.77. The molecule has 2 aliphatic heterocycles. The standard InChI is InChI=1S/C16H17FN2O3/c1-10-4-3-7-18(8-10)13(20)9-19-15(21)11-5-2-6-12(17)14(11)16(19)22/h2,5-6,10H,3-4,7-9H2,1H3. The van der Waals surface area contributed by atoms with Crippen molar-refractivity contribution in [3.63, 3.8) is 0 Å². The first-order valence-corrected chi connectivity index (χ1v) is 7.41. The zero-order chi connectivity index (χ0) is 15.9. The molecular weight excluding hydrogens is 287 g/mol. The molecule has 0 saturated carbocycles. The number of halogens is 1. The zero-order valence-electron chi connectivity index (χ0n) is 12.3. The van der Waals surface area contributed by atoms with E-state index in [-0.39, 0.29) is 23.6 Å². The molecule has 1 fully saturated rings. The fraction of sp³-hybridized carbons (Fsp3) is 0.438. The monoisotopic (exact) mass is 304 g/mol. The summed E-state index contributed by atoms with van der Waals surface area (Å²) >= 11 is 0. The van der Waals surface area contributed by atoms with Crippen molar-refractivity contribution in [1.82, 2.24) is 9.80 Å². The molecule has 0 N–H and O–H groups in total. The molecule has 0 radical (unpaired) electrons. The Morgan fingerprint density at radius 1 is 1.32 bits per heavy atom. The number of piperidine rings is 1. The summed E-state index contributed by atoms with van der Waals surface area (Å²) < 4.78 is 13.7. The quantitative estimate of drug-likeness (QED) is 0.781. The minimum atomic E-state index is -0.725. The van der Waals surface area contributed by atoms with Crippen molar-refractivity contribution in [1.29, 1.82) is 0 Å². The van der Waals surface area contributed by atoms with E-state index in [2.05, 4.69) is 6.92 Å². The number of benzene rings is 1. The number of hydrogen-bond donors (Lipinski definition) is 0. The van der Waals surface area contributed by atoms with E-state index in [1.54, 1.807) is 4.90 Å². The van der Waals surface area contributed by atoms with Gasteiger partial charge in [0.2, 0.25) is 5.91 Å². The van der Waals surface area contributed by atoms with E-state index in [4.69, 9.17) is 0 Å². The van der Waals surface area contributed by atoms with Crippen LogP contribution >= 0.6 is 0 Å². The zero-order valence-corrected chi connectivity index (χ0v) is 12.3. The summed E-state index contributed by atoms with van der Waals surface area (Å²) in [5, 5.41) is 0. The maximum Gasteiger partial charge on any atom is 0.265 e. The topological polar surface area (TPSA) is 57.7 Å². The van der Waals surface area contributed by atoms with Gasteiger partial charge in [-0.05, 0) is 30.9 Å². The lowest BCUT2D eigenvalue weighted by molar-refractivity contribution is -0.133. The summed E-state index contributed by atoms with van der Waals surface area (Å²) in [7, 11) is 0. The number of rotatable bonds is 2. The molecule has 1 unspecified atom stereocenters. The maximum absolute atomic E-state index is 13.7. The van der Waals surface area contributed by atoms with Crippen LogP contribution in [0.1, 0.15) is 40.5 Å². The molecule has 1 aromatic rings. The summed E-state index contributed by atoms with van der Waals surface area (Å²) in [5.74, 6) is -1.90. The van der Waals surface area contributed by atoms with Gasteiger partial charge in [0.15, 0.2) is 0 Å². The van der Waals surface area contributed by atoms with Gasteiger partial charge in [-0.25, -0.2) is 4.39 Å². The number of fused-ring (bicyclic) bond motifs is 1. The van der Waals surface area contributed by atoms with E-state index in [1.165, 1.54) is 12.1 Å². The van der Waals surface area contributed by atoms with Crippen LogP contribution in [0.5, 0.6) is 0 Å². The predicted octanol–water partition coefficient (Wildman–Crippen LogP) is 1.68. The van der Waals surface area contributed by atoms with Crippen molar-refractivity contribution in [2.45, 2.75) is 19.8 Å². The number of carbonyl (C=O) groups is 3. The van der Waals surface area contributed by atoms with Crippen LogP contribution < -0.4 is 0 Å². The smallest absolute Gasteiger partial charge is 0.265 e. The Morgan fingerprint density at radius 3 is 2.77 bits per heavy atom. The Morgan fingerprint density at radius 2 is 2.09 bits per heavy atom. The van der Waals surface area contributed by atoms with Crippen molar-refractivity contribution in [3.05, 3.63) is 35.1 Å². The van der Waals surface area contributed by atoms with Crippen molar-refractivity contribution in [2.24, 2.45) is 5.92 Å². The highest BCUT2D eigenvalue weighted by molar-refractivity contribution is 6.22. The number of likely N-dealkylation sites (tertiary alicyclic amines) is 1. The van der Waals surface area contributed by atoms with Gasteiger partial charge in [-0.2, -0.15) is 0 Å². The molecule has 3 amide bonds. The summed E-state index contributed by atoms with van der Waals surface area (Å²) in [5.41, 5.74) is -0.197. The number of carbonyl (C=O) groups excluding carboxylic acids is 3. The number of nitrogens with zero attached hydrogens (tertiary/aromatic N) is 2. The first-order chi connectivity index (χ1) is 10.5. The van der Waals surface area contributed by atoms with Gasteiger partial charge < -0.3 is 4.90 Å². The van der Waals surface area contributed by atoms with E-state index in [9.17, 15) is 18.8 Å². The maximum atomic E-state index is 13.7. The van der Waals surface area contributed by atoms with Gasteiger partial charge in [-0.3, -0.25) is 19.3 Å². The summed E-state index contributed by atoms with van der Waals surface area (Å²) in [6, 6.07) is 3.94. The van der Waals surface area contributed by atoms with E-state index in [0.717, 1.165) is 23.8 Å². The molecule has 0 aromatic heterocycles. The van der Waals surface area contributed by atoms with E-state index >= 15 is 0 Å². The molecular formula is C16H17FN2O3. The van der Waals surface area contributed by atoms with Gasteiger partial charge >= 0.3 is 0 Å². The van der Waals surface area contributed by atoms with Crippen LogP contribution in [0, 0.1) is 11.7 Å². The molecule has 116 valence electrons. The van der Waals surface area contributed by atoms with Gasteiger partial charge in [-0.1, -0.05) is 13.0 Å². The van der Waals surface area contributed by atoms with Gasteiger partial charge in [0.25, 0.3) is 11.8 Å². The van der Waals surface area contributed by atoms with Crippen molar-refractivity contribution >= 4 is 17.7 Å². The Kier molecular flexibility index (Phi) is 3.68. The minimum Gasteiger partial charge on any atom is -0.341 e. The van der Waals surface area contributed by atoms with Crippen molar-refractivity contribution in [2.75, 3.05) is 19.6 Å². The molecule has 5 nitrogen and oxygen atoms in total. The van der Waals surface area contributed by atoms with E-state index < -0.39 is 17.6 Å². The SMILES string of the molecule is CC1CCCN(C(=O)CN2C(=O)c3cccc(F)c3C2=O)C1. The van der Waals surface area contributed by atoms with E-state index in [0.29, 0.717) is 19.0 Å².